The molecule has 0 aromatic heterocycles. The molecule has 0 radical (unpaired) electrons. The van der Waals surface area contributed by atoms with Crippen LogP contribution in [-0.2, 0) is 25.4 Å². The van der Waals surface area contributed by atoms with E-state index in [1.807, 2.05) is 32.0 Å². The highest BCUT2D eigenvalue weighted by Gasteiger charge is 2.50. The number of rotatable bonds is 5. The summed E-state index contributed by atoms with van der Waals surface area (Å²) in [7, 11) is 0. The molecule has 1 fully saturated rings. The second-order valence-corrected chi connectivity index (χ2v) is 9.22. The molecule has 3 aromatic carbocycles. The van der Waals surface area contributed by atoms with Crippen LogP contribution >= 0.6 is 0 Å². The Bertz CT molecular complexity index is 1140. The molecular weight excluding hydrogens is 412 g/mol. The van der Waals surface area contributed by atoms with E-state index in [1.165, 1.54) is 22.3 Å². The lowest BCUT2D eigenvalue weighted by Crippen LogP contribution is -2.48. The quantitative estimate of drug-likeness (QED) is 0.352. The van der Waals surface area contributed by atoms with E-state index >= 15 is 0 Å². The van der Waals surface area contributed by atoms with Crippen LogP contribution in [-0.4, -0.2) is 25.8 Å². The Morgan fingerprint density at radius 3 is 2.12 bits per heavy atom. The van der Waals surface area contributed by atoms with Gasteiger partial charge in [0.1, 0.15) is 0 Å². The van der Waals surface area contributed by atoms with Crippen LogP contribution in [0.15, 0.2) is 66.7 Å². The summed E-state index contributed by atoms with van der Waals surface area (Å²) in [5.41, 5.74) is 7.06. The number of hydrogen-bond acceptors (Lipinski definition) is 4. The highest BCUT2D eigenvalue weighted by Crippen LogP contribution is 2.52. The molecule has 2 aliphatic rings. The van der Waals surface area contributed by atoms with Crippen LogP contribution in [0.5, 0.6) is 0 Å². The highest BCUT2D eigenvalue weighted by atomic mass is 16.7. The number of esters is 1. The number of carbonyl (C=O) groups excluding carboxylic acids is 1. The van der Waals surface area contributed by atoms with Crippen LogP contribution in [0.4, 0.5) is 0 Å². The summed E-state index contributed by atoms with van der Waals surface area (Å²) in [5.74, 6) is -1.16. The van der Waals surface area contributed by atoms with Crippen molar-refractivity contribution in [3.05, 3.63) is 94.5 Å². The lowest BCUT2D eigenvalue weighted by Gasteiger charge is -2.44. The minimum absolute atomic E-state index is 0.277. The van der Waals surface area contributed by atoms with Gasteiger partial charge in [-0.1, -0.05) is 67.9 Å². The number of benzene rings is 3. The van der Waals surface area contributed by atoms with Crippen molar-refractivity contribution in [1.82, 2.24) is 0 Å². The molecule has 3 aromatic rings. The maximum atomic E-state index is 12.4. The predicted molar refractivity (Wildman–Crippen MR) is 128 cm³/mol. The zero-order valence-electron chi connectivity index (χ0n) is 19.5. The van der Waals surface area contributed by atoms with E-state index in [2.05, 4.69) is 55.5 Å². The summed E-state index contributed by atoms with van der Waals surface area (Å²) in [5, 5.41) is 0. The molecule has 1 heterocycles. The third-order valence-electron chi connectivity index (χ3n) is 7.07. The van der Waals surface area contributed by atoms with Crippen molar-refractivity contribution < 1.29 is 19.0 Å². The zero-order valence-corrected chi connectivity index (χ0v) is 19.5. The highest BCUT2D eigenvalue weighted by molar-refractivity contribution is 5.91. The summed E-state index contributed by atoms with van der Waals surface area (Å²) < 4.78 is 18.4. The lowest BCUT2D eigenvalue weighted by atomic mass is 9.78. The molecule has 0 N–H and O–H groups in total. The van der Waals surface area contributed by atoms with Gasteiger partial charge >= 0.3 is 5.97 Å². The standard InChI is InChI=1S/C29H30O4/c1-4-5-16-31-27(30)22-15-14-21(17-20(22)2)28(3)32-18-29(19-33-28)25-12-8-6-10-23(25)24-11-7-9-13-26(24)29/h6-15,17H,4-5,16,18-19H2,1-3H3. The Labute approximate surface area is 195 Å². The molecule has 4 heteroatoms. The smallest absolute Gasteiger partial charge is 0.338 e. The van der Waals surface area contributed by atoms with Gasteiger partial charge in [-0.2, -0.15) is 0 Å². The fourth-order valence-corrected chi connectivity index (χ4v) is 5.06. The van der Waals surface area contributed by atoms with Crippen molar-refractivity contribution in [1.29, 1.82) is 0 Å². The topological polar surface area (TPSA) is 44.8 Å². The first-order valence-corrected chi connectivity index (χ1v) is 11.7. The average Bonchev–Trinajstić information content (AvgIpc) is 3.11. The summed E-state index contributed by atoms with van der Waals surface area (Å²) in [6.45, 7) is 7.46. The van der Waals surface area contributed by atoms with E-state index in [1.54, 1.807) is 0 Å². The summed E-state index contributed by atoms with van der Waals surface area (Å²) in [4.78, 5) is 12.4. The Hall–Kier alpha value is -2.95. The summed E-state index contributed by atoms with van der Waals surface area (Å²) in [6, 6.07) is 22.8. The lowest BCUT2D eigenvalue weighted by molar-refractivity contribution is -0.283. The molecule has 1 aliphatic heterocycles. The number of hydrogen-bond donors (Lipinski definition) is 0. The number of fused-ring (bicyclic) bond motifs is 5. The van der Waals surface area contributed by atoms with Gasteiger partial charge in [0.2, 0.25) is 0 Å². The van der Waals surface area contributed by atoms with E-state index in [4.69, 9.17) is 14.2 Å². The van der Waals surface area contributed by atoms with Gasteiger partial charge in [-0.25, -0.2) is 4.79 Å². The fraction of sp³-hybridized carbons (Fsp3) is 0.345. The Kier molecular flexibility index (Phi) is 5.59. The predicted octanol–water partition coefficient (Wildman–Crippen LogP) is 6.14. The van der Waals surface area contributed by atoms with Gasteiger partial charge in [0, 0.05) is 5.56 Å². The SMILES string of the molecule is CCCCOC(=O)c1ccc(C2(C)OCC3(CO2)c2ccccc2-c2ccccc23)cc1C. The number of carbonyl (C=O) groups is 1. The van der Waals surface area contributed by atoms with Gasteiger partial charge < -0.3 is 14.2 Å². The number of ether oxygens (including phenoxy) is 3. The third kappa shape index (κ3) is 3.58. The molecule has 170 valence electrons. The first kappa shape index (κ1) is 21.9. The van der Waals surface area contributed by atoms with Crippen LogP contribution < -0.4 is 0 Å². The third-order valence-corrected chi connectivity index (χ3v) is 7.07. The van der Waals surface area contributed by atoms with Crippen molar-refractivity contribution in [2.75, 3.05) is 19.8 Å². The zero-order chi connectivity index (χ0) is 23.1. The van der Waals surface area contributed by atoms with E-state index in [9.17, 15) is 4.79 Å². The number of unbranched alkanes of at least 4 members (excludes halogenated alkanes) is 1. The van der Waals surface area contributed by atoms with Gasteiger partial charge in [0.15, 0.2) is 5.79 Å². The van der Waals surface area contributed by atoms with Gasteiger partial charge in [-0.15, -0.1) is 0 Å². The average molecular weight is 443 g/mol. The molecular formula is C29H30O4. The molecule has 4 nitrogen and oxygen atoms in total. The van der Waals surface area contributed by atoms with Crippen molar-refractivity contribution >= 4 is 5.97 Å². The van der Waals surface area contributed by atoms with Crippen LogP contribution in [0.3, 0.4) is 0 Å². The van der Waals surface area contributed by atoms with Crippen molar-refractivity contribution in [2.45, 2.75) is 44.8 Å². The monoisotopic (exact) mass is 442 g/mol. The molecule has 5 rings (SSSR count). The molecule has 0 unspecified atom stereocenters. The molecule has 0 amide bonds. The number of aryl methyl sites for hydroxylation is 1. The van der Waals surface area contributed by atoms with E-state index < -0.39 is 5.79 Å². The molecule has 1 saturated heterocycles. The van der Waals surface area contributed by atoms with Crippen molar-refractivity contribution in [3.63, 3.8) is 0 Å². The minimum Gasteiger partial charge on any atom is -0.462 e. The first-order valence-electron chi connectivity index (χ1n) is 11.7. The van der Waals surface area contributed by atoms with Crippen LogP contribution in [0.2, 0.25) is 0 Å². The normalized spacial score (nSPS) is 17.4. The van der Waals surface area contributed by atoms with E-state index in [0.717, 1.165) is 24.0 Å². The van der Waals surface area contributed by atoms with Gasteiger partial charge in [-0.05, 0) is 60.2 Å². The second kappa shape index (κ2) is 8.44. The molecule has 33 heavy (non-hydrogen) atoms. The Morgan fingerprint density at radius 2 is 1.55 bits per heavy atom. The van der Waals surface area contributed by atoms with Gasteiger partial charge in [0.05, 0.1) is 30.8 Å². The molecule has 1 aliphatic carbocycles. The molecule has 0 saturated carbocycles. The van der Waals surface area contributed by atoms with E-state index in [0.29, 0.717) is 25.4 Å². The summed E-state index contributed by atoms with van der Waals surface area (Å²) >= 11 is 0. The van der Waals surface area contributed by atoms with Gasteiger partial charge in [0.25, 0.3) is 0 Å². The molecule has 0 bridgehead atoms. The Balaban J connectivity index is 1.40. The van der Waals surface area contributed by atoms with Crippen LogP contribution in [0.25, 0.3) is 11.1 Å². The van der Waals surface area contributed by atoms with Gasteiger partial charge in [-0.3, -0.25) is 0 Å². The first-order chi connectivity index (χ1) is 16.0. The second-order valence-electron chi connectivity index (χ2n) is 9.22. The van der Waals surface area contributed by atoms with Crippen molar-refractivity contribution in [2.24, 2.45) is 0 Å². The van der Waals surface area contributed by atoms with Crippen molar-refractivity contribution in [3.8, 4) is 11.1 Å². The molecule has 1 spiro atoms. The Morgan fingerprint density at radius 1 is 0.939 bits per heavy atom. The summed E-state index contributed by atoms with van der Waals surface area (Å²) in [6.07, 6.45) is 1.87. The van der Waals surface area contributed by atoms with Crippen LogP contribution in [0, 0.1) is 6.92 Å². The minimum atomic E-state index is -0.882. The maximum absolute atomic E-state index is 12.4. The molecule has 0 atom stereocenters. The maximum Gasteiger partial charge on any atom is 0.338 e. The van der Waals surface area contributed by atoms with Crippen LogP contribution in [0.1, 0.15) is 59.3 Å². The fourth-order valence-electron chi connectivity index (χ4n) is 5.06. The van der Waals surface area contributed by atoms with E-state index in [-0.39, 0.29) is 11.4 Å². The largest absolute Gasteiger partial charge is 0.462 e.